The summed E-state index contributed by atoms with van der Waals surface area (Å²) in [6.45, 7) is 6.80. The van der Waals surface area contributed by atoms with Gasteiger partial charge in [0.1, 0.15) is 4.90 Å². The number of hydrogen-bond acceptors (Lipinski definition) is 4. The van der Waals surface area contributed by atoms with Gasteiger partial charge in [0, 0.05) is 18.5 Å². The van der Waals surface area contributed by atoms with E-state index < -0.39 is 9.84 Å². The summed E-state index contributed by atoms with van der Waals surface area (Å²) >= 11 is 0. The summed E-state index contributed by atoms with van der Waals surface area (Å²) in [4.78, 5) is 0.235. The summed E-state index contributed by atoms with van der Waals surface area (Å²) in [5, 5.41) is 4.03. The van der Waals surface area contributed by atoms with Crippen LogP contribution in [0.3, 0.4) is 0 Å². The first kappa shape index (κ1) is 14.2. The predicted molar refractivity (Wildman–Crippen MR) is 67.4 cm³/mol. The molecular weight excluding hydrogens is 238 g/mol. The van der Waals surface area contributed by atoms with Crippen LogP contribution in [0, 0.1) is 5.41 Å². The van der Waals surface area contributed by atoms with E-state index in [-0.39, 0.29) is 16.4 Å². The molecule has 1 aromatic heterocycles. The topological polar surface area (TPSA) is 78.0 Å². The van der Waals surface area contributed by atoms with E-state index in [1.165, 1.54) is 18.6 Å². The predicted octanol–water partition coefficient (Wildman–Crippen LogP) is 1.05. The van der Waals surface area contributed by atoms with Crippen molar-refractivity contribution in [2.75, 3.05) is 6.26 Å². The quantitative estimate of drug-likeness (QED) is 0.857. The normalized spacial score (nSPS) is 14.9. The smallest absolute Gasteiger partial charge is 0.178 e. The lowest BCUT2D eigenvalue weighted by Gasteiger charge is -2.30. The highest BCUT2D eigenvalue weighted by Crippen LogP contribution is 2.24. The van der Waals surface area contributed by atoms with Gasteiger partial charge >= 0.3 is 0 Å². The zero-order chi connectivity index (χ0) is 13.3. The SMILES string of the molecule is CCC(C)(C)C(N)Cn1cc(S(C)(=O)=O)cn1. The molecule has 0 radical (unpaired) electrons. The number of nitrogens with two attached hydrogens (primary N) is 1. The number of rotatable bonds is 5. The van der Waals surface area contributed by atoms with Gasteiger partial charge < -0.3 is 5.73 Å². The Labute approximate surface area is 103 Å². The van der Waals surface area contributed by atoms with Crippen LogP contribution in [0.2, 0.25) is 0 Å². The Morgan fingerprint density at radius 1 is 1.53 bits per heavy atom. The molecule has 2 N–H and O–H groups in total. The first-order valence-electron chi connectivity index (χ1n) is 5.65. The maximum absolute atomic E-state index is 11.3. The van der Waals surface area contributed by atoms with Gasteiger partial charge in [0.25, 0.3) is 0 Å². The van der Waals surface area contributed by atoms with Gasteiger partial charge in [-0.05, 0) is 11.8 Å². The Hall–Kier alpha value is -0.880. The average Bonchev–Trinajstić information content (AvgIpc) is 2.65. The molecule has 0 bridgehead atoms. The molecule has 0 aliphatic heterocycles. The second kappa shape index (κ2) is 4.78. The molecule has 5 nitrogen and oxygen atoms in total. The molecule has 17 heavy (non-hydrogen) atoms. The molecule has 6 heteroatoms. The third-order valence-corrected chi connectivity index (χ3v) is 4.40. The van der Waals surface area contributed by atoms with Crippen LogP contribution in [0.1, 0.15) is 27.2 Å². The molecule has 0 aromatic carbocycles. The molecular formula is C11H21N3O2S. The van der Waals surface area contributed by atoms with E-state index in [0.717, 1.165) is 6.42 Å². The van der Waals surface area contributed by atoms with Crippen molar-refractivity contribution in [3.8, 4) is 0 Å². The van der Waals surface area contributed by atoms with E-state index in [4.69, 9.17) is 5.73 Å². The Kier molecular flexibility index (Phi) is 3.99. The fourth-order valence-corrected chi connectivity index (χ4v) is 1.90. The van der Waals surface area contributed by atoms with Gasteiger partial charge in [-0.2, -0.15) is 5.10 Å². The molecule has 0 saturated heterocycles. The fourth-order valence-electron chi connectivity index (χ4n) is 1.35. The zero-order valence-electron chi connectivity index (χ0n) is 10.8. The number of sulfone groups is 1. The van der Waals surface area contributed by atoms with Crippen LogP contribution in [0.15, 0.2) is 17.3 Å². The van der Waals surface area contributed by atoms with E-state index in [2.05, 4.69) is 25.9 Å². The molecule has 0 fully saturated rings. The van der Waals surface area contributed by atoms with Crippen LogP contribution in [0.25, 0.3) is 0 Å². The van der Waals surface area contributed by atoms with Crippen molar-refractivity contribution in [3.63, 3.8) is 0 Å². The summed E-state index contributed by atoms with van der Waals surface area (Å²) < 4.78 is 24.2. The summed E-state index contributed by atoms with van der Waals surface area (Å²) in [7, 11) is -3.18. The van der Waals surface area contributed by atoms with Crippen LogP contribution < -0.4 is 5.73 Å². The highest BCUT2D eigenvalue weighted by atomic mass is 32.2. The maximum Gasteiger partial charge on any atom is 0.178 e. The molecule has 0 amide bonds. The number of aromatic nitrogens is 2. The lowest BCUT2D eigenvalue weighted by Crippen LogP contribution is -2.40. The van der Waals surface area contributed by atoms with Gasteiger partial charge in [0.15, 0.2) is 9.84 Å². The Morgan fingerprint density at radius 2 is 2.12 bits per heavy atom. The van der Waals surface area contributed by atoms with Crippen molar-refractivity contribution in [2.24, 2.45) is 11.1 Å². The highest BCUT2D eigenvalue weighted by Gasteiger charge is 2.25. The van der Waals surface area contributed by atoms with Gasteiger partial charge in [-0.15, -0.1) is 0 Å². The van der Waals surface area contributed by atoms with Crippen LogP contribution in [0.5, 0.6) is 0 Å². The molecule has 1 aromatic rings. The molecule has 0 spiro atoms. The Bertz CT molecular complexity index is 477. The minimum absolute atomic E-state index is 0.0111. The standard InChI is InChI=1S/C11H21N3O2S/c1-5-11(2,3)10(12)8-14-7-9(6-13-14)17(4,15)16/h6-7,10H,5,8,12H2,1-4H3. The van der Waals surface area contributed by atoms with E-state index in [1.807, 2.05) is 0 Å². The van der Waals surface area contributed by atoms with Gasteiger partial charge in [0.2, 0.25) is 0 Å². The monoisotopic (exact) mass is 259 g/mol. The van der Waals surface area contributed by atoms with E-state index >= 15 is 0 Å². The van der Waals surface area contributed by atoms with E-state index in [9.17, 15) is 8.42 Å². The molecule has 0 aliphatic rings. The van der Waals surface area contributed by atoms with Gasteiger partial charge in [-0.25, -0.2) is 8.42 Å². The van der Waals surface area contributed by atoms with Crippen molar-refractivity contribution in [1.29, 1.82) is 0 Å². The van der Waals surface area contributed by atoms with Crippen molar-refractivity contribution in [1.82, 2.24) is 9.78 Å². The second-order valence-corrected chi connectivity index (χ2v) is 7.13. The minimum atomic E-state index is -3.18. The van der Waals surface area contributed by atoms with Crippen LogP contribution in [-0.4, -0.2) is 30.5 Å². The molecule has 1 heterocycles. The summed E-state index contributed by atoms with van der Waals surface area (Å²) in [5.41, 5.74) is 6.11. The highest BCUT2D eigenvalue weighted by molar-refractivity contribution is 7.90. The lowest BCUT2D eigenvalue weighted by atomic mass is 9.82. The Morgan fingerprint density at radius 3 is 2.53 bits per heavy atom. The summed E-state index contributed by atoms with van der Waals surface area (Å²) in [5.74, 6) is 0. The molecule has 1 unspecified atom stereocenters. The van der Waals surface area contributed by atoms with Crippen molar-refractivity contribution < 1.29 is 8.42 Å². The third-order valence-electron chi connectivity index (χ3n) is 3.34. The summed E-state index contributed by atoms with van der Waals surface area (Å²) in [6.07, 6.45) is 5.03. The molecule has 0 saturated carbocycles. The van der Waals surface area contributed by atoms with Crippen molar-refractivity contribution >= 4 is 9.84 Å². The van der Waals surface area contributed by atoms with Crippen molar-refractivity contribution in [3.05, 3.63) is 12.4 Å². The van der Waals surface area contributed by atoms with Crippen LogP contribution in [-0.2, 0) is 16.4 Å². The molecule has 0 aliphatic carbocycles. The van der Waals surface area contributed by atoms with Crippen LogP contribution in [0.4, 0.5) is 0 Å². The lowest BCUT2D eigenvalue weighted by molar-refractivity contribution is 0.245. The second-order valence-electron chi connectivity index (χ2n) is 5.12. The largest absolute Gasteiger partial charge is 0.326 e. The van der Waals surface area contributed by atoms with E-state index in [0.29, 0.717) is 6.54 Å². The average molecular weight is 259 g/mol. The summed E-state index contributed by atoms with van der Waals surface area (Å²) in [6, 6.07) is -0.0557. The fraction of sp³-hybridized carbons (Fsp3) is 0.727. The molecule has 98 valence electrons. The third kappa shape index (κ3) is 3.54. The van der Waals surface area contributed by atoms with Gasteiger partial charge in [0.05, 0.1) is 12.7 Å². The number of hydrogen-bond donors (Lipinski definition) is 1. The van der Waals surface area contributed by atoms with Crippen molar-refractivity contribution in [2.45, 2.75) is 44.7 Å². The Balaban J connectivity index is 2.81. The maximum atomic E-state index is 11.3. The zero-order valence-corrected chi connectivity index (χ0v) is 11.7. The van der Waals surface area contributed by atoms with Gasteiger partial charge in [-0.1, -0.05) is 20.8 Å². The first-order chi connectivity index (χ1) is 7.66. The van der Waals surface area contributed by atoms with Crippen LogP contribution >= 0.6 is 0 Å². The molecule has 1 rings (SSSR count). The molecule has 1 atom stereocenters. The minimum Gasteiger partial charge on any atom is -0.326 e. The first-order valence-corrected chi connectivity index (χ1v) is 7.54. The number of nitrogens with zero attached hydrogens (tertiary/aromatic N) is 2. The van der Waals surface area contributed by atoms with Gasteiger partial charge in [-0.3, -0.25) is 4.68 Å². The van der Waals surface area contributed by atoms with E-state index in [1.54, 1.807) is 4.68 Å².